The second kappa shape index (κ2) is 24.3. The van der Waals surface area contributed by atoms with Crippen molar-refractivity contribution < 1.29 is 33.4 Å². The van der Waals surface area contributed by atoms with Crippen molar-refractivity contribution in [2.45, 2.75) is 143 Å². The monoisotopic (exact) mass is 649 g/mol. The second-order valence-corrected chi connectivity index (χ2v) is 13.2. The molecule has 3 amide bonds. The number of unbranched alkanes of at least 4 members (excludes halogenated alkanes) is 11. The number of rotatable bonds is 23. The zero-order valence-corrected chi connectivity index (χ0v) is 29.5. The topological polar surface area (TPSA) is 122 Å². The third-order valence-electron chi connectivity index (χ3n) is 8.37. The molecule has 1 N–H and O–H groups in total. The van der Waals surface area contributed by atoms with Crippen molar-refractivity contribution >= 4 is 29.7 Å². The van der Waals surface area contributed by atoms with Crippen LogP contribution in [0, 0.1) is 5.41 Å². The molecule has 0 aromatic rings. The van der Waals surface area contributed by atoms with E-state index in [1.807, 2.05) is 4.90 Å². The number of hydrogen-bond acceptors (Lipinski definition) is 7. The number of ether oxygens (including phenoxy) is 2. The highest BCUT2D eigenvalue weighted by atomic mass is 16.6. The van der Waals surface area contributed by atoms with E-state index in [-0.39, 0.29) is 31.4 Å². The number of esters is 2. The molecule has 1 fully saturated rings. The van der Waals surface area contributed by atoms with Crippen molar-refractivity contribution in [3.05, 3.63) is 12.2 Å². The lowest BCUT2D eigenvalue weighted by Crippen LogP contribution is -2.49. The lowest BCUT2D eigenvalue weighted by Gasteiger charge is -2.31. The first-order valence-corrected chi connectivity index (χ1v) is 17.8. The summed E-state index contributed by atoms with van der Waals surface area (Å²) in [7, 11) is 0. The summed E-state index contributed by atoms with van der Waals surface area (Å²) in [6.07, 6.45) is 20.8. The summed E-state index contributed by atoms with van der Waals surface area (Å²) < 4.78 is 10.3. The maximum Gasteiger partial charge on any atom is 0.303 e. The second-order valence-electron chi connectivity index (χ2n) is 13.2. The van der Waals surface area contributed by atoms with E-state index in [0.29, 0.717) is 32.6 Å². The van der Waals surface area contributed by atoms with Gasteiger partial charge in [0.25, 0.3) is 5.91 Å². The third-order valence-corrected chi connectivity index (χ3v) is 8.37. The van der Waals surface area contributed by atoms with Crippen LogP contribution in [0.1, 0.15) is 137 Å². The Bertz CT molecular complexity index is 950. The van der Waals surface area contributed by atoms with Crippen LogP contribution in [0.3, 0.4) is 0 Å². The molecule has 0 bridgehead atoms. The Labute approximate surface area is 278 Å². The molecule has 1 rings (SSSR count). The minimum absolute atomic E-state index is 0.0771. The van der Waals surface area contributed by atoms with Crippen LogP contribution in [-0.4, -0.2) is 84.9 Å². The number of hydrogen-bond donors (Lipinski definition) is 1. The molecule has 0 saturated carbocycles. The van der Waals surface area contributed by atoms with Gasteiger partial charge < -0.3 is 24.6 Å². The molecule has 1 aliphatic rings. The molecular weight excluding hydrogens is 586 g/mol. The van der Waals surface area contributed by atoms with Crippen LogP contribution in [-0.2, 0) is 33.4 Å². The van der Waals surface area contributed by atoms with Crippen molar-refractivity contribution in [1.82, 2.24) is 15.1 Å². The van der Waals surface area contributed by atoms with Crippen molar-refractivity contribution in [2.75, 3.05) is 39.3 Å². The number of nitrogens with zero attached hydrogens (tertiary/aromatic N) is 2. The predicted molar refractivity (Wildman–Crippen MR) is 181 cm³/mol. The van der Waals surface area contributed by atoms with Crippen molar-refractivity contribution in [2.24, 2.45) is 5.41 Å². The van der Waals surface area contributed by atoms with Crippen molar-refractivity contribution in [3.63, 3.8) is 0 Å². The van der Waals surface area contributed by atoms with Gasteiger partial charge in [-0.25, -0.2) is 0 Å². The molecule has 1 saturated heterocycles. The first-order valence-electron chi connectivity index (χ1n) is 17.8. The van der Waals surface area contributed by atoms with Crippen molar-refractivity contribution in [1.29, 1.82) is 0 Å². The first-order chi connectivity index (χ1) is 22.0. The van der Waals surface area contributed by atoms with E-state index in [4.69, 9.17) is 9.47 Å². The van der Waals surface area contributed by atoms with Gasteiger partial charge in [-0.05, 0) is 38.5 Å². The summed E-state index contributed by atoms with van der Waals surface area (Å²) in [5.74, 6) is -1.62. The normalized spacial score (nSPS) is 14.5. The molecule has 1 heterocycles. The summed E-state index contributed by atoms with van der Waals surface area (Å²) in [5.41, 5.74) is -0.962. The summed E-state index contributed by atoms with van der Waals surface area (Å²) >= 11 is 0. The Morgan fingerprint density at radius 3 is 1.78 bits per heavy atom. The largest absolute Gasteiger partial charge is 0.465 e. The molecule has 10 heteroatoms. The Kier molecular flexibility index (Phi) is 21.7. The average Bonchev–Trinajstić information content (AvgIpc) is 3.27. The lowest BCUT2D eigenvalue weighted by atomic mass is 9.86. The van der Waals surface area contributed by atoms with E-state index >= 15 is 0 Å². The van der Waals surface area contributed by atoms with E-state index in [2.05, 4.69) is 24.4 Å². The van der Waals surface area contributed by atoms with Gasteiger partial charge in [0, 0.05) is 64.8 Å². The summed E-state index contributed by atoms with van der Waals surface area (Å²) in [5, 5.41) is 2.68. The maximum atomic E-state index is 12.9. The summed E-state index contributed by atoms with van der Waals surface area (Å²) in [6, 6.07) is 0. The molecule has 0 radical (unpaired) electrons. The third kappa shape index (κ3) is 18.9. The van der Waals surface area contributed by atoms with Gasteiger partial charge in [-0.15, -0.1) is 0 Å². The van der Waals surface area contributed by atoms with Gasteiger partial charge in [0.05, 0.1) is 0 Å². The van der Waals surface area contributed by atoms with Crippen LogP contribution < -0.4 is 5.32 Å². The maximum absolute atomic E-state index is 12.9. The summed E-state index contributed by atoms with van der Waals surface area (Å²) in [4.78, 5) is 65.0. The van der Waals surface area contributed by atoms with E-state index < -0.39 is 29.4 Å². The van der Waals surface area contributed by atoms with Crippen LogP contribution in [0.4, 0.5) is 0 Å². The molecule has 1 atom stereocenters. The minimum atomic E-state index is -1.18. The molecule has 264 valence electrons. The fourth-order valence-electron chi connectivity index (χ4n) is 5.56. The van der Waals surface area contributed by atoms with Gasteiger partial charge in [-0.1, -0.05) is 84.3 Å². The Morgan fingerprint density at radius 1 is 0.717 bits per heavy atom. The highest BCUT2D eigenvalue weighted by Crippen LogP contribution is 2.25. The van der Waals surface area contributed by atoms with E-state index in [1.165, 1.54) is 71.6 Å². The number of amides is 3. The van der Waals surface area contributed by atoms with Crippen LogP contribution in [0.5, 0.6) is 0 Å². The number of allylic oxidation sites excluding steroid dienone is 2. The van der Waals surface area contributed by atoms with Crippen molar-refractivity contribution in [3.8, 4) is 0 Å². The SMILES string of the molecule is CCCCCCCC/C=C\CCCCCCCC(=O)N1CCCN(C(=O)CCNC(=O)C(OC(C)=O)C(C)(C)COC(C)=O)CC1. The fraction of sp³-hybridized carbons (Fsp3) is 0.806. The quantitative estimate of drug-likeness (QED) is 0.0805. The Morgan fingerprint density at radius 2 is 1.24 bits per heavy atom. The smallest absolute Gasteiger partial charge is 0.303 e. The Balaban J connectivity index is 2.26. The predicted octanol–water partition coefficient (Wildman–Crippen LogP) is 6.11. The van der Waals surface area contributed by atoms with Crippen LogP contribution in [0.25, 0.3) is 0 Å². The van der Waals surface area contributed by atoms with Crippen LogP contribution in [0.2, 0.25) is 0 Å². The highest BCUT2D eigenvalue weighted by molar-refractivity contribution is 5.85. The zero-order valence-electron chi connectivity index (χ0n) is 29.5. The molecule has 1 unspecified atom stereocenters. The fourth-order valence-corrected chi connectivity index (χ4v) is 5.56. The number of nitrogens with one attached hydrogen (secondary N) is 1. The van der Waals surface area contributed by atoms with Gasteiger partial charge in [-0.2, -0.15) is 0 Å². The molecule has 10 nitrogen and oxygen atoms in total. The molecule has 0 aliphatic carbocycles. The molecular formula is C36H63N3O7. The van der Waals surface area contributed by atoms with Gasteiger partial charge in [0.15, 0.2) is 6.10 Å². The molecule has 0 aromatic carbocycles. The highest BCUT2D eigenvalue weighted by Gasteiger charge is 2.39. The van der Waals surface area contributed by atoms with Gasteiger partial charge in [0.1, 0.15) is 6.61 Å². The van der Waals surface area contributed by atoms with Gasteiger partial charge in [0.2, 0.25) is 11.8 Å². The standard InChI is InChI=1S/C36H63N3O7/c1-6-7-8-9-10-11-12-13-14-15-16-17-18-19-20-22-32(42)38-25-21-26-39(28-27-38)33(43)23-24-37-35(44)34(46-31(3)41)36(4,5)29-45-30(2)40/h13-14,34H,6-12,15-29H2,1-5H3,(H,37,44)/b14-13-. The average molecular weight is 650 g/mol. The number of carbonyl (C=O) groups excluding carboxylic acids is 5. The molecule has 0 spiro atoms. The van der Waals surface area contributed by atoms with Gasteiger partial charge in [-0.3, -0.25) is 24.0 Å². The molecule has 1 aliphatic heterocycles. The van der Waals surface area contributed by atoms with Crippen LogP contribution >= 0.6 is 0 Å². The van der Waals surface area contributed by atoms with E-state index in [9.17, 15) is 24.0 Å². The zero-order chi connectivity index (χ0) is 34.2. The van der Waals surface area contributed by atoms with E-state index in [1.54, 1.807) is 18.7 Å². The minimum Gasteiger partial charge on any atom is -0.465 e. The first kappa shape index (κ1) is 41.1. The van der Waals surface area contributed by atoms with E-state index in [0.717, 1.165) is 32.1 Å². The lowest BCUT2D eigenvalue weighted by molar-refractivity contribution is -0.166. The van der Waals surface area contributed by atoms with Gasteiger partial charge >= 0.3 is 11.9 Å². The molecule has 46 heavy (non-hydrogen) atoms. The summed E-state index contributed by atoms with van der Waals surface area (Å²) in [6.45, 7) is 10.2. The molecule has 0 aromatic heterocycles. The van der Waals surface area contributed by atoms with Crippen LogP contribution in [0.15, 0.2) is 12.2 Å². The Hall–Kier alpha value is -2.91. The number of carbonyl (C=O) groups is 5.